The first-order valence-corrected chi connectivity index (χ1v) is 21.2. The van der Waals surface area contributed by atoms with Crippen molar-refractivity contribution in [2.75, 3.05) is 41.0 Å². The number of carboxylic acids is 1. The molecule has 0 rings (SSSR count). The second-order valence-electron chi connectivity index (χ2n) is 15.6. The van der Waals surface area contributed by atoms with Gasteiger partial charge in [0.2, 0.25) is 0 Å². The lowest BCUT2D eigenvalue weighted by Gasteiger charge is -2.31. The van der Waals surface area contributed by atoms with E-state index in [1.807, 2.05) is 21.1 Å². The number of carbonyl (C=O) groups excluding carboxylic acids is 2. The first kappa shape index (κ1) is 49.1. The molecule has 0 aliphatic heterocycles. The number of hydrogen-bond acceptors (Lipinski definition) is 6. The summed E-state index contributed by atoms with van der Waals surface area (Å²) in [5.41, 5.74) is 0. The number of unbranched alkanes of at least 4 members (excludes halogenated alkanes) is 22. The molecule has 0 spiro atoms. The Balaban J connectivity index is 4.36. The van der Waals surface area contributed by atoms with Gasteiger partial charge in [-0.1, -0.05) is 148 Å². The van der Waals surface area contributed by atoms with E-state index in [4.69, 9.17) is 14.2 Å². The van der Waals surface area contributed by atoms with Crippen LogP contribution in [0.2, 0.25) is 0 Å². The molecular formula is C43H82NO7+. The van der Waals surface area contributed by atoms with Gasteiger partial charge in [-0.2, -0.15) is 0 Å². The SMILES string of the molecule is CCCCCCC/C=C\CCCCCCCC(=O)OC(COCCC(C(=O)O)[N+](C)(C)C)COC(=O)CCCCCCCCCCCCCCC. The highest BCUT2D eigenvalue weighted by atomic mass is 16.6. The van der Waals surface area contributed by atoms with Crippen LogP contribution in [0.3, 0.4) is 0 Å². The molecule has 0 aromatic heterocycles. The topological polar surface area (TPSA) is 99.1 Å². The number of aliphatic carboxylic acids is 1. The molecule has 0 heterocycles. The van der Waals surface area contributed by atoms with Gasteiger partial charge in [0.15, 0.2) is 12.1 Å². The summed E-state index contributed by atoms with van der Waals surface area (Å²) in [6.45, 7) is 4.73. The second kappa shape index (κ2) is 35.1. The van der Waals surface area contributed by atoms with Crippen molar-refractivity contribution >= 4 is 17.9 Å². The third-order valence-corrected chi connectivity index (χ3v) is 9.66. The largest absolute Gasteiger partial charge is 0.477 e. The molecule has 0 aromatic carbocycles. The molecule has 0 saturated heterocycles. The number of esters is 2. The number of hydrogen-bond donors (Lipinski definition) is 1. The van der Waals surface area contributed by atoms with Crippen LogP contribution in [0.4, 0.5) is 0 Å². The van der Waals surface area contributed by atoms with Crippen LogP contribution in [0.15, 0.2) is 12.2 Å². The highest BCUT2D eigenvalue weighted by molar-refractivity contribution is 5.72. The molecule has 0 fully saturated rings. The fourth-order valence-corrected chi connectivity index (χ4v) is 6.32. The van der Waals surface area contributed by atoms with Gasteiger partial charge in [-0.05, 0) is 38.5 Å². The molecule has 0 aliphatic carbocycles. The van der Waals surface area contributed by atoms with E-state index in [1.165, 1.54) is 109 Å². The van der Waals surface area contributed by atoms with Crippen LogP contribution in [0.25, 0.3) is 0 Å². The van der Waals surface area contributed by atoms with Crippen LogP contribution in [0, 0.1) is 0 Å². The molecule has 8 nitrogen and oxygen atoms in total. The zero-order valence-electron chi connectivity index (χ0n) is 34.1. The Bertz CT molecular complexity index is 854. The first-order chi connectivity index (χ1) is 24.6. The van der Waals surface area contributed by atoms with Gasteiger partial charge in [0.05, 0.1) is 34.4 Å². The summed E-state index contributed by atoms with van der Waals surface area (Å²) < 4.78 is 17.2. The van der Waals surface area contributed by atoms with Crippen molar-refractivity contribution in [3.63, 3.8) is 0 Å². The number of ether oxygens (including phenoxy) is 3. The van der Waals surface area contributed by atoms with Crippen LogP contribution < -0.4 is 0 Å². The number of carbonyl (C=O) groups is 3. The number of likely N-dealkylation sites (N-methyl/N-ethyl adjacent to an activating group) is 1. The van der Waals surface area contributed by atoms with E-state index in [-0.39, 0.29) is 36.2 Å². The van der Waals surface area contributed by atoms with E-state index in [0.29, 0.717) is 19.3 Å². The van der Waals surface area contributed by atoms with E-state index in [9.17, 15) is 19.5 Å². The quantitative estimate of drug-likeness (QED) is 0.0293. The predicted octanol–water partition coefficient (Wildman–Crippen LogP) is 11.1. The van der Waals surface area contributed by atoms with Gasteiger partial charge < -0.3 is 23.8 Å². The maximum absolute atomic E-state index is 12.7. The molecular weight excluding hydrogens is 642 g/mol. The van der Waals surface area contributed by atoms with E-state index >= 15 is 0 Å². The van der Waals surface area contributed by atoms with E-state index in [1.54, 1.807) is 0 Å². The van der Waals surface area contributed by atoms with Crippen molar-refractivity contribution in [1.29, 1.82) is 0 Å². The van der Waals surface area contributed by atoms with Crippen molar-refractivity contribution in [2.45, 2.75) is 206 Å². The smallest absolute Gasteiger partial charge is 0.362 e. The van der Waals surface area contributed by atoms with Crippen LogP contribution in [0.1, 0.15) is 194 Å². The summed E-state index contributed by atoms with van der Waals surface area (Å²) in [4.78, 5) is 36.9. The van der Waals surface area contributed by atoms with Crippen LogP contribution in [0.5, 0.6) is 0 Å². The predicted molar refractivity (Wildman–Crippen MR) is 211 cm³/mol. The van der Waals surface area contributed by atoms with Crippen molar-refractivity contribution in [3.8, 4) is 0 Å². The second-order valence-corrected chi connectivity index (χ2v) is 15.6. The number of rotatable bonds is 38. The van der Waals surface area contributed by atoms with E-state index in [0.717, 1.165) is 51.4 Å². The van der Waals surface area contributed by atoms with Crippen LogP contribution >= 0.6 is 0 Å². The lowest BCUT2D eigenvalue weighted by molar-refractivity contribution is -0.887. The molecule has 0 bridgehead atoms. The molecule has 8 heteroatoms. The van der Waals surface area contributed by atoms with Crippen molar-refractivity contribution < 1.29 is 38.2 Å². The third kappa shape index (κ3) is 33.6. The number of quaternary nitrogens is 1. The monoisotopic (exact) mass is 725 g/mol. The van der Waals surface area contributed by atoms with Crippen molar-refractivity contribution in [3.05, 3.63) is 12.2 Å². The van der Waals surface area contributed by atoms with E-state index < -0.39 is 18.1 Å². The van der Waals surface area contributed by atoms with Gasteiger partial charge in [-0.25, -0.2) is 4.79 Å². The fraction of sp³-hybridized carbons (Fsp3) is 0.884. The fourth-order valence-electron chi connectivity index (χ4n) is 6.32. The van der Waals surface area contributed by atoms with Gasteiger partial charge in [-0.3, -0.25) is 9.59 Å². The van der Waals surface area contributed by atoms with Crippen LogP contribution in [-0.2, 0) is 28.6 Å². The molecule has 0 amide bonds. The Kier molecular flexibility index (Phi) is 33.8. The first-order valence-electron chi connectivity index (χ1n) is 21.2. The molecule has 2 unspecified atom stereocenters. The Labute approximate surface area is 314 Å². The number of carboxylic acid groups (broad SMARTS) is 1. The average molecular weight is 725 g/mol. The summed E-state index contributed by atoms with van der Waals surface area (Å²) in [5, 5.41) is 9.60. The minimum atomic E-state index is -0.874. The Hall–Kier alpha value is -1.93. The average Bonchev–Trinajstić information content (AvgIpc) is 3.08. The summed E-state index contributed by atoms with van der Waals surface area (Å²) in [6.07, 6.45) is 35.3. The summed E-state index contributed by atoms with van der Waals surface area (Å²) >= 11 is 0. The number of allylic oxidation sites excluding steroid dienone is 2. The molecule has 0 aliphatic rings. The summed E-state index contributed by atoms with van der Waals surface area (Å²) in [5.74, 6) is -1.47. The summed E-state index contributed by atoms with van der Waals surface area (Å²) in [7, 11) is 5.53. The molecule has 1 N–H and O–H groups in total. The molecule has 51 heavy (non-hydrogen) atoms. The Morgan fingerprint density at radius 3 is 1.41 bits per heavy atom. The zero-order chi connectivity index (χ0) is 37.8. The third-order valence-electron chi connectivity index (χ3n) is 9.66. The Morgan fingerprint density at radius 1 is 0.569 bits per heavy atom. The standard InChI is InChI=1S/C43H81NO7/c1-6-8-10-12-14-16-18-20-22-24-26-28-30-32-34-42(46)51-39(37-49-36-35-40(43(47)48)44(3,4)5)38-50-41(45)33-31-29-27-25-23-21-19-17-15-13-11-9-7-2/h18,20,39-40H,6-17,19,21-38H2,1-5H3/p+1/b20-18-. The Morgan fingerprint density at radius 2 is 0.980 bits per heavy atom. The molecule has 300 valence electrons. The molecule has 0 radical (unpaired) electrons. The van der Waals surface area contributed by atoms with Gasteiger partial charge in [0.1, 0.15) is 6.61 Å². The molecule has 0 aromatic rings. The highest BCUT2D eigenvalue weighted by Gasteiger charge is 2.31. The van der Waals surface area contributed by atoms with Gasteiger partial charge >= 0.3 is 17.9 Å². The van der Waals surface area contributed by atoms with Crippen LogP contribution in [-0.4, -0.2) is 80.6 Å². The minimum Gasteiger partial charge on any atom is -0.477 e. The summed E-state index contributed by atoms with van der Waals surface area (Å²) in [6, 6.07) is -0.611. The normalized spacial score (nSPS) is 13.0. The van der Waals surface area contributed by atoms with Gasteiger partial charge in [0.25, 0.3) is 0 Å². The van der Waals surface area contributed by atoms with Crippen molar-refractivity contribution in [1.82, 2.24) is 0 Å². The zero-order valence-corrected chi connectivity index (χ0v) is 34.1. The maximum Gasteiger partial charge on any atom is 0.362 e. The van der Waals surface area contributed by atoms with Gasteiger partial charge in [-0.15, -0.1) is 0 Å². The van der Waals surface area contributed by atoms with Gasteiger partial charge in [0, 0.05) is 19.3 Å². The van der Waals surface area contributed by atoms with E-state index in [2.05, 4.69) is 26.0 Å². The highest BCUT2D eigenvalue weighted by Crippen LogP contribution is 2.15. The lowest BCUT2D eigenvalue weighted by atomic mass is 10.0. The maximum atomic E-state index is 12.7. The van der Waals surface area contributed by atoms with Crippen molar-refractivity contribution in [2.24, 2.45) is 0 Å². The lowest BCUT2D eigenvalue weighted by Crippen LogP contribution is -2.50. The minimum absolute atomic E-state index is 0.0486. The molecule has 0 saturated carbocycles. The molecule has 2 atom stereocenters. The number of nitrogens with zero attached hydrogens (tertiary/aromatic N) is 1.